The normalized spacial score (nSPS) is 14.5. The van der Waals surface area contributed by atoms with Crippen LogP contribution in [0.4, 0.5) is 4.79 Å². The summed E-state index contributed by atoms with van der Waals surface area (Å²) in [7, 11) is 0. The van der Waals surface area contributed by atoms with Gasteiger partial charge in [0.05, 0.1) is 6.21 Å². The van der Waals surface area contributed by atoms with Gasteiger partial charge in [-0.2, -0.15) is 5.10 Å². The number of aryl methyl sites for hydroxylation is 1. The average molecular weight is 396 g/mol. The van der Waals surface area contributed by atoms with Crippen molar-refractivity contribution in [1.82, 2.24) is 10.7 Å². The Bertz CT molecular complexity index is 799. The first kappa shape index (κ1) is 20.7. The summed E-state index contributed by atoms with van der Waals surface area (Å²) in [5, 5.41) is 7.02. The van der Waals surface area contributed by atoms with Crippen molar-refractivity contribution in [2.75, 3.05) is 13.2 Å². The molecule has 0 spiro atoms. The fraction of sp³-hybridized carbons (Fsp3) is 0.391. The molecule has 1 aliphatic carbocycles. The quantitative estimate of drug-likeness (QED) is 0.395. The van der Waals surface area contributed by atoms with Crippen LogP contribution in [0.15, 0.2) is 53.6 Å². The van der Waals surface area contributed by atoms with Crippen LogP contribution >= 0.6 is 0 Å². The van der Waals surface area contributed by atoms with Gasteiger partial charge in [-0.1, -0.05) is 49.1 Å². The maximum Gasteiger partial charge on any atom is 0.335 e. The lowest BCUT2D eigenvalue weighted by Gasteiger charge is -2.22. The van der Waals surface area contributed by atoms with Crippen molar-refractivity contribution in [1.29, 1.82) is 0 Å². The van der Waals surface area contributed by atoms with Crippen LogP contribution < -0.4 is 20.2 Å². The predicted octanol–water partition coefficient (Wildman–Crippen LogP) is 4.42. The first-order chi connectivity index (χ1) is 14.2. The van der Waals surface area contributed by atoms with Crippen LogP contribution in [0.1, 0.15) is 43.2 Å². The van der Waals surface area contributed by atoms with Gasteiger partial charge in [0.1, 0.15) is 24.7 Å². The minimum Gasteiger partial charge on any atom is -0.490 e. The van der Waals surface area contributed by atoms with E-state index >= 15 is 0 Å². The highest BCUT2D eigenvalue weighted by Gasteiger charge is 2.15. The van der Waals surface area contributed by atoms with Crippen LogP contribution in [0.5, 0.6) is 11.5 Å². The lowest BCUT2D eigenvalue weighted by molar-refractivity contribution is 0.217. The molecule has 3 rings (SSSR count). The zero-order valence-electron chi connectivity index (χ0n) is 16.9. The Kier molecular flexibility index (Phi) is 7.92. The molecule has 1 saturated carbocycles. The number of nitrogens with one attached hydrogen (secondary N) is 2. The van der Waals surface area contributed by atoms with E-state index in [-0.39, 0.29) is 12.1 Å². The summed E-state index contributed by atoms with van der Waals surface area (Å²) < 4.78 is 11.5. The summed E-state index contributed by atoms with van der Waals surface area (Å²) in [4.78, 5) is 12.0. The Morgan fingerprint density at radius 2 is 1.76 bits per heavy atom. The molecule has 2 amide bonds. The number of benzene rings is 2. The summed E-state index contributed by atoms with van der Waals surface area (Å²) in [5.41, 5.74) is 4.53. The first-order valence-electron chi connectivity index (χ1n) is 10.2. The van der Waals surface area contributed by atoms with Gasteiger partial charge in [-0.25, -0.2) is 10.2 Å². The number of urea groups is 1. The molecule has 2 N–H and O–H groups in total. The van der Waals surface area contributed by atoms with E-state index in [4.69, 9.17) is 9.47 Å². The average Bonchev–Trinajstić information content (AvgIpc) is 2.74. The Morgan fingerprint density at radius 1 is 1.03 bits per heavy atom. The van der Waals surface area contributed by atoms with Crippen molar-refractivity contribution in [2.45, 2.75) is 45.1 Å². The van der Waals surface area contributed by atoms with Gasteiger partial charge in [0, 0.05) is 11.6 Å². The lowest BCUT2D eigenvalue weighted by atomic mass is 9.96. The Morgan fingerprint density at radius 3 is 2.55 bits per heavy atom. The van der Waals surface area contributed by atoms with Crippen LogP contribution in [0.3, 0.4) is 0 Å². The summed E-state index contributed by atoms with van der Waals surface area (Å²) in [6.45, 7) is 2.89. The molecular formula is C23H29N3O3. The number of hydrogen-bond acceptors (Lipinski definition) is 4. The van der Waals surface area contributed by atoms with E-state index in [1.807, 2.05) is 55.5 Å². The third kappa shape index (κ3) is 7.14. The molecule has 0 bridgehead atoms. The van der Waals surface area contributed by atoms with Crippen molar-refractivity contribution in [2.24, 2.45) is 5.10 Å². The second-order valence-electron chi connectivity index (χ2n) is 7.23. The number of carbonyl (C=O) groups is 1. The van der Waals surface area contributed by atoms with Gasteiger partial charge in [-0.05, 0) is 44.0 Å². The van der Waals surface area contributed by atoms with Crippen LogP contribution in [0.2, 0.25) is 0 Å². The molecule has 1 fully saturated rings. The molecule has 29 heavy (non-hydrogen) atoms. The number of ether oxygens (including phenoxy) is 2. The number of rotatable bonds is 8. The molecule has 0 unspecified atom stereocenters. The van der Waals surface area contributed by atoms with Crippen molar-refractivity contribution in [3.05, 3.63) is 59.7 Å². The van der Waals surface area contributed by atoms with Gasteiger partial charge >= 0.3 is 6.03 Å². The number of nitrogens with zero attached hydrogens (tertiary/aromatic N) is 1. The minimum absolute atomic E-state index is 0.253. The summed E-state index contributed by atoms with van der Waals surface area (Å²) >= 11 is 0. The predicted molar refractivity (Wildman–Crippen MR) is 115 cm³/mol. The topological polar surface area (TPSA) is 72.0 Å². The monoisotopic (exact) mass is 395 g/mol. The van der Waals surface area contributed by atoms with Gasteiger partial charge in [0.25, 0.3) is 0 Å². The third-order valence-electron chi connectivity index (χ3n) is 4.86. The Balaban J connectivity index is 1.43. The molecule has 0 saturated heterocycles. The van der Waals surface area contributed by atoms with E-state index in [1.165, 1.54) is 24.8 Å². The van der Waals surface area contributed by atoms with Gasteiger partial charge in [-0.3, -0.25) is 0 Å². The molecule has 0 aliphatic heterocycles. The van der Waals surface area contributed by atoms with Gasteiger partial charge in [0.2, 0.25) is 0 Å². The number of hydrogen-bond donors (Lipinski definition) is 2. The van der Waals surface area contributed by atoms with Crippen molar-refractivity contribution in [3.63, 3.8) is 0 Å². The SMILES string of the molecule is Cc1ccc(OCCOc2ccccc2/C=N\NC(=O)NC2CCCCC2)cc1. The second kappa shape index (κ2) is 11.1. The van der Waals surface area contributed by atoms with E-state index in [1.54, 1.807) is 6.21 Å². The molecular weight excluding hydrogens is 366 g/mol. The number of carbonyl (C=O) groups excluding carboxylic acids is 1. The smallest absolute Gasteiger partial charge is 0.335 e. The van der Waals surface area contributed by atoms with Crippen LogP contribution in [0.25, 0.3) is 0 Å². The second-order valence-corrected chi connectivity index (χ2v) is 7.23. The van der Waals surface area contributed by atoms with Crippen molar-refractivity contribution in [3.8, 4) is 11.5 Å². The highest BCUT2D eigenvalue weighted by molar-refractivity contribution is 5.84. The molecule has 0 aromatic heterocycles. The number of hydrazone groups is 1. The molecule has 0 atom stereocenters. The van der Waals surface area contributed by atoms with Crippen LogP contribution in [-0.4, -0.2) is 31.5 Å². The molecule has 0 heterocycles. The molecule has 2 aromatic carbocycles. The van der Waals surface area contributed by atoms with Crippen molar-refractivity contribution >= 4 is 12.2 Å². The van der Waals surface area contributed by atoms with E-state index in [0.29, 0.717) is 19.0 Å². The standard InChI is InChI=1S/C23H29N3O3/c1-18-11-13-21(14-12-18)28-15-16-29-22-10-6-5-7-19(22)17-24-26-23(27)25-20-8-3-2-4-9-20/h5-7,10-14,17,20H,2-4,8-9,15-16H2,1H3,(H2,25,26,27)/b24-17-. The lowest BCUT2D eigenvalue weighted by Crippen LogP contribution is -2.41. The Labute approximate surface area is 172 Å². The highest BCUT2D eigenvalue weighted by atomic mass is 16.5. The highest BCUT2D eigenvalue weighted by Crippen LogP contribution is 2.18. The van der Waals surface area contributed by atoms with Gasteiger partial charge in [0.15, 0.2) is 0 Å². The largest absolute Gasteiger partial charge is 0.490 e. The van der Waals surface area contributed by atoms with E-state index in [2.05, 4.69) is 15.8 Å². The number of para-hydroxylation sites is 1. The molecule has 0 radical (unpaired) electrons. The van der Waals surface area contributed by atoms with Crippen LogP contribution in [0, 0.1) is 6.92 Å². The molecule has 2 aromatic rings. The minimum atomic E-state index is -0.266. The first-order valence-corrected chi connectivity index (χ1v) is 10.2. The fourth-order valence-electron chi connectivity index (χ4n) is 3.29. The summed E-state index contributed by atoms with van der Waals surface area (Å²) in [5.74, 6) is 1.51. The maximum absolute atomic E-state index is 12.0. The fourth-order valence-corrected chi connectivity index (χ4v) is 3.29. The van der Waals surface area contributed by atoms with Gasteiger partial charge < -0.3 is 14.8 Å². The van der Waals surface area contributed by atoms with Gasteiger partial charge in [-0.15, -0.1) is 0 Å². The zero-order chi connectivity index (χ0) is 20.3. The molecule has 6 nitrogen and oxygen atoms in total. The molecule has 6 heteroatoms. The Hall–Kier alpha value is -3.02. The number of amides is 2. The zero-order valence-corrected chi connectivity index (χ0v) is 16.9. The maximum atomic E-state index is 12.0. The summed E-state index contributed by atoms with van der Waals surface area (Å²) in [6.07, 6.45) is 7.28. The summed E-state index contributed by atoms with van der Waals surface area (Å²) in [6, 6.07) is 15.5. The van der Waals surface area contributed by atoms with E-state index in [0.717, 1.165) is 24.2 Å². The third-order valence-corrected chi connectivity index (χ3v) is 4.86. The van der Waals surface area contributed by atoms with Crippen LogP contribution in [-0.2, 0) is 0 Å². The van der Waals surface area contributed by atoms with E-state index < -0.39 is 0 Å². The molecule has 154 valence electrons. The van der Waals surface area contributed by atoms with E-state index in [9.17, 15) is 4.79 Å². The van der Waals surface area contributed by atoms with Crippen molar-refractivity contribution < 1.29 is 14.3 Å². The molecule has 1 aliphatic rings.